The molecule has 0 bridgehead atoms. The Morgan fingerprint density at radius 1 is 0.660 bits per heavy atom. The molecule has 47 heavy (non-hydrogen) atoms. The number of fused-ring (bicyclic) bond motifs is 2. The van der Waals surface area contributed by atoms with Gasteiger partial charge in [0.1, 0.15) is 23.1 Å². The summed E-state index contributed by atoms with van der Waals surface area (Å²) in [6.45, 7) is 0. The van der Waals surface area contributed by atoms with E-state index in [9.17, 15) is 78.3 Å². The molecule has 2 heterocycles. The predicted molar refractivity (Wildman–Crippen MR) is 126 cm³/mol. The lowest BCUT2D eigenvalue weighted by Crippen LogP contribution is -2.38. The molecule has 0 spiro atoms. The van der Waals surface area contributed by atoms with Crippen LogP contribution < -0.4 is 4.74 Å². The van der Waals surface area contributed by atoms with E-state index in [1.165, 1.54) is 0 Å². The minimum Gasteiger partial charge on any atom is -0.457 e. The van der Waals surface area contributed by atoms with Gasteiger partial charge in [0.05, 0.1) is 32.6 Å². The zero-order chi connectivity index (χ0) is 35.9. The standard InChI is InChI=1S/C16H6F7NO3S.C9H3F7O2S/c17-8-3-7(6-24)4-9(5-8)27-11-2-1-10-13(12(11)14(18)19)28(25,26)16(22,23)15(10,20)21;10-4-2-1-3-6(5(4)7(11)12)19(17,18)9(15,16)8(3,13)14/h1-5,14H;1-2,7H. The first-order chi connectivity index (χ1) is 21.3. The van der Waals surface area contributed by atoms with Crippen molar-refractivity contribution in [2.75, 3.05) is 0 Å². The quantitative estimate of drug-likeness (QED) is 0.251. The van der Waals surface area contributed by atoms with Crippen LogP contribution in [0, 0.1) is 23.0 Å². The zero-order valence-electron chi connectivity index (χ0n) is 21.8. The molecule has 0 amide bonds. The molecule has 3 aromatic rings. The van der Waals surface area contributed by atoms with Gasteiger partial charge in [0.2, 0.25) is 0 Å². The van der Waals surface area contributed by atoms with Crippen LogP contribution in [0.25, 0.3) is 0 Å². The molecule has 6 nitrogen and oxygen atoms in total. The molecule has 0 atom stereocenters. The summed E-state index contributed by atoms with van der Waals surface area (Å²) in [7, 11) is -12.3. The van der Waals surface area contributed by atoms with Crippen molar-refractivity contribution in [2.24, 2.45) is 0 Å². The average Bonchev–Trinajstić information content (AvgIpc) is 3.12. The van der Waals surface area contributed by atoms with Crippen LogP contribution in [0.1, 0.15) is 40.7 Å². The molecule has 5 rings (SSSR count). The van der Waals surface area contributed by atoms with Crippen molar-refractivity contribution in [3.05, 3.63) is 81.9 Å². The number of nitrogens with zero attached hydrogens (tertiary/aromatic N) is 1. The lowest BCUT2D eigenvalue weighted by molar-refractivity contribution is -0.158. The first kappa shape index (κ1) is 35.7. The Morgan fingerprint density at radius 2 is 1.11 bits per heavy atom. The van der Waals surface area contributed by atoms with Crippen molar-refractivity contribution in [1.29, 1.82) is 5.26 Å². The van der Waals surface area contributed by atoms with Crippen LogP contribution in [-0.2, 0) is 31.5 Å². The highest BCUT2D eigenvalue weighted by Gasteiger charge is 2.75. The molecule has 0 saturated carbocycles. The van der Waals surface area contributed by atoms with E-state index in [1.54, 1.807) is 6.07 Å². The molecule has 0 fully saturated rings. The summed E-state index contributed by atoms with van der Waals surface area (Å²) in [5, 5.41) is -2.47. The van der Waals surface area contributed by atoms with E-state index in [-0.39, 0.29) is 23.8 Å². The van der Waals surface area contributed by atoms with Crippen molar-refractivity contribution in [1.82, 2.24) is 0 Å². The van der Waals surface area contributed by atoms with Crippen molar-refractivity contribution < 1.29 is 83.0 Å². The lowest BCUT2D eigenvalue weighted by Gasteiger charge is -2.17. The van der Waals surface area contributed by atoms with Crippen molar-refractivity contribution >= 4 is 19.7 Å². The van der Waals surface area contributed by atoms with E-state index < -0.39 is 110 Å². The molecule has 0 saturated heterocycles. The van der Waals surface area contributed by atoms with Crippen LogP contribution in [0.3, 0.4) is 0 Å². The number of nitriles is 1. The second-order valence-electron chi connectivity index (χ2n) is 9.37. The highest BCUT2D eigenvalue weighted by atomic mass is 32.2. The molecule has 3 aromatic carbocycles. The van der Waals surface area contributed by atoms with Gasteiger partial charge in [-0.2, -0.15) is 40.4 Å². The van der Waals surface area contributed by atoms with Gasteiger partial charge in [0.15, 0.2) is 0 Å². The van der Waals surface area contributed by atoms with E-state index in [0.717, 1.165) is 12.1 Å². The SMILES string of the molecule is N#Cc1cc(F)cc(Oc2ccc3c(c2C(F)F)S(=O)(=O)C(F)(F)C3(F)F)c1.O=S1(=O)c2c(ccc(F)c2C(F)F)C(F)(F)C1(F)F. The summed E-state index contributed by atoms with van der Waals surface area (Å²) >= 11 is 0. The number of benzene rings is 3. The summed E-state index contributed by atoms with van der Waals surface area (Å²) in [4.78, 5) is -3.97. The van der Waals surface area contributed by atoms with Crippen LogP contribution >= 0.6 is 0 Å². The predicted octanol–water partition coefficient (Wildman–Crippen LogP) is 8.13. The highest BCUT2D eigenvalue weighted by Crippen LogP contribution is 2.60. The fourth-order valence-corrected chi connectivity index (χ4v) is 7.78. The van der Waals surface area contributed by atoms with Crippen LogP contribution in [-0.4, -0.2) is 27.3 Å². The van der Waals surface area contributed by atoms with Gasteiger partial charge in [0.25, 0.3) is 32.5 Å². The third-order valence-electron chi connectivity index (χ3n) is 6.58. The Balaban J connectivity index is 0.000000229. The molecule has 22 heteroatoms. The number of sulfone groups is 2. The number of halogens is 14. The fourth-order valence-electron chi connectivity index (χ4n) is 4.45. The normalized spacial score (nSPS) is 20.1. The van der Waals surface area contributed by atoms with Crippen LogP contribution in [0.15, 0.2) is 52.3 Å². The van der Waals surface area contributed by atoms with E-state index in [0.29, 0.717) is 12.1 Å². The number of hydrogen-bond donors (Lipinski definition) is 0. The van der Waals surface area contributed by atoms with Crippen LogP contribution in [0.2, 0.25) is 0 Å². The van der Waals surface area contributed by atoms with Gasteiger partial charge in [-0.3, -0.25) is 0 Å². The van der Waals surface area contributed by atoms with E-state index in [4.69, 9.17) is 10.00 Å². The smallest absolute Gasteiger partial charge is 0.415 e. The van der Waals surface area contributed by atoms with Crippen LogP contribution in [0.4, 0.5) is 61.5 Å². The Hall–Kier alpha value is -4.13. The molecular formula is C25H9F14NO5S2. The van der Waals surface area contributed by atoms with Gasteiger partial charge in [-0.05, 0) is 36.4 Å². The molecule has 0 unspecified atom stereocenters. The summed E-state index contributed by atoms with van der Waals surface area (Å²) in [6, 6.07) is 4.69. The molecule has 0 aliphatic carbocycles. The number of alkyl halides is 12. The van der Waals surface area contributed by atoms with Gasteiger partial charge in [-0.15, -0.1) is 0 Å². The van der Waals surface area contributed by atoms with Gasteiger partial charge < -0.3 is 4.74 Å². The summed E-state index contributed by atoms with van der Waals surface area (Å²) < 4.78 is 238. The molecule has 0 aromatic heterocycles. The third-order valence-corrected chi connectivity index (χ3v) is 10.4. The largest absolute Gasteiger partial charge is 0.457 e. The number of ether oxygens (including phenoxy) is 1. The second-order valence-corrected chi connectivity index (χ2v) is 13.2. The van der Waals surface area contributed by atoms with Gasteiger partial charge in [0, 0.05) is 17.2 Å². The molecule has 2 aliphatic rings. The Kier molecular flexibility index (Phi) is 8.33. The number of hydrogen-bond acceptors (Lipinski definition) is 6. The first-order valence-corrected chi connectivity index (χ1v) is 14.7. The van der Waals surface area contributed by atoms with Gasteiger partial charge in [-0.25, -0.2) is 43.2 Å². The third kappa shape index (κ3) is 4.96. The maximum absolute atomic E-state index is 13.9. The molecule has 2 aliphatic heterocycles. The summed E-state index contributed by atoms with van der Waals surface area (Å²) in [5.74, 6) is -14.9. The Labute approximate surface area is 252 Å². The fraction of sp³-hybridized carbons (Fsp3) is 0.240. The van der Waals surface area contributed by atoms with E-state index >= 15 is 0 Å². The maximum atomic E-state index is 13.9. The van der Waals surface area contributed by atoms with Crippen molar-refractivity contribution in [2.45, 2.75) is 45.0 Å². The average molecular weight is 733 g/mol. The van der Waals surface area contributed by atoms with Gasteiger partial charge in [-0.1, -0.05) is 0 Å². The summed E-state index contributed by atoms with van der Waals surface area (Å²) in [6.07, 6.45) is -7.62. The van der Waals surface area contributed by atoms with Crippen molar-refractivity contribution in [3.63, 3.8) is 0 Å². The molecule has 0 radical (unpaired) electrons. The lowest BCUT2D eigenvalue weighted by atomic mass is 10.0. The van der Waals surface area contributed by atoms with Crippen LogP contribution in [0.5, 0.6) is 11.5 Å². The summed E-state index contributed by atoms with van der Waals surface area (Å²) in [5.41, 5.74) is -7.58. The van der Waals surface area contributed by atoms with E-state index in [2.05, 4.69) is 0 Å². The van der Waals surface area contributed by atoms with E-state index in [1.807, 2.05) is 0 Å². The Morgan fingerprint density at radius 3 is 1.55 bits per heavy atom. The second kappa shape index (κ2) is 11.0. The minimum atomic E-state index is -6.17. The maximum Gasteiger partial charge on any atom is 0.415 e. The minimum absolute atomic E-state index is 0.0645. The highest BCUT2D eigenvalue weighted by molar-refractivity contribution is 7.93. The van der Waals surface area contributed by atoms with Gasteiger partial charge >= 0.3 is 22.4 Å². The van der Waals surface area contributed by atoms with Crippen molar-refractivity contribution in [3.8, 4) is 17.6 Å². The monoisotopic (exact) mass is 733 g/mol. The Bertz CT molecular complexity index is 2060. The first-order valence-electron chi connectivity index (χ1n) is 11.8. The topological polar surface area (TPSA) is 101 Å². The molecule has 254 valence electrons. The molecular weight excluding hydrogens is 724 g/mol. The zero-order valence-corrected chi connectivity index (χ0v) is 23.4. The molecule has 0 N–H and O–H groups in total. The number of rotatable bonds is 4.